The minimum atomic E-state index is -0.729. The lowest BCUT2D eigenvalue weighted by atomic mass is 10.0. The number of carbonyl (C=O) groups is 2. The smallest absolute Gasteiger partial charge is 0.255 e. The number of nitrogens with zero attached hydrogens (tertiary/aromatic N) is 3. The lowest BCUT2D eigenvalue weighted by Gasteiger charge is -2.33. The van der Waals surface area contributed by atoms with Gasteiger partial charge in [-0.05, 0) is 11.6 Å². The number of carbonyl (C=O) groups excluding carboxylic acids is 2. The lowest BCUT2D eigenvalue weighted by molar-refractivity contribution is -0.138. The molecule has 2 amide bonds. The molecule has 0 aliphatic carbocycles. The Morgan fingerprint density at radius 1 is 1.26 bits per heavy atom. The molecule has 0 radical (unpaired) electrons. The van der Waals surface area contributed by atoms with E-state index in [1.54, 1.807) is 17.2 Å². The predicted molar refractivity (Wildman–Crippen MR) is 98.0 cm³/mol. The van der Waals surface area contributed by atoms with Crippen molar-refractivity contribution >= 4 is 23.4 Å². The van der Waals surface area contributed by atoms with E-state index in [4.69, 9.17) is 16.3 Å². The van der Waals surface area contributed by atoms with Gasteiger partial charge < -0.3 is 14.5 Å². The van der Waals surface area contributed by atoms with Gasteiger partial charge in [0.1, 0.15) is 0 Å². The number of ether oxygens (including phenoxy) is 1. The average molecular weight is 384 g/mol. The average Bonchev–Trinajstić information content (AvgIpc) is 3.31. The second kappa shape index (κ2) is 6.04. The third-order valence-corrected chi connectivity index (χ3v) is 6.20. The van der Waals surface area contributed by atoms with Crippen molar-refractivity contribution in [1.82, 2.24) is 14.8 Å². The van der Waals surface area contributed by atoms with Crippen LogP contribution in [0, 0.1) is 0 Å². The zero-order valence-electron chi connectivity index (χ0n) is 14.5. The molecule has 7 heteroatoms. The maximum absolute atomic E-state index is 13.1. The van der Waals surface area contributed by atoms with Crippen LogP contribution in [0.3, 0.4) is 0 Å². The molecule has 4 heterocycles. The number of pyridine rings is 1. The summed E-state index contributed by atoms with van der Waals surface area (Å²) in [5.41, 5.74) is 0.741. The molecule has 5 rings (SSSR count). The number of benzene rings is 1. The van der Waals surface area contributed by atoms with E-state index in [0.717, 1.165) is 5.56 Å². The van der Waals surface area contributed by atoms with Crippen molar-refractivity contribution in [2.45, 2.75) is 30.7 Å². The molecule has 0 saturated carbocycles. The second-order valence-electron chi connectivity index (χ2n) is 7.17. The van der Waals surface area contributed by atoms with Gasteiger partial charge in [-0.3, -0.25) is 14.6 Å². The van der Waals surface area contributed by atoms with E-state index in [1.807, 2.05) is 35.2 Å². The first-order chi connectivity index (χ1) is 13.1. The van der Waals surface area contributed by atoms with Crippen LogP contribution in [0.1, 0.15) is 34.8 Å². The van der Waals surface area contributed by atoms with Crippen LogP contribution in [0.15, 0.2) is 48.8 Å². The van der Waals surface area contributed by atoms with Crippen molar-refractivity contribution in [2.24, 2.45) is 0 Å². The van der Waals surface area contributed by atoms with E-state index in [9.17, 15) is 9.59 Å². The molecule has 0 unspecified atom stereocenters. The zero-order valence-corrected chi connectivity index (χ0v) is 15.3. The van der Waals surface area contributed by atoms with Crippen LogP contribution in [0.5, 0.6) is 0 Å². The quantitative estimate of drug-likeness (QED) is 0.799. The summed E-state index contributed by atoms with van der Waals surface area (Å²) < 4.78 is 6.24. The van der Waals surface area contributed by atoms with E-state index >= 15 is 0 Å². The van der Waals surface area contributed by atoms with Crippen LogP contribution in [-0.2, 0) is 9.53 Å². The van der Waals surface area contributed by atoms with Gasteiger partial charge in [-0.2, -0.15) is 0 Å². The number of amides is 2. The normalized spacial score (nSPS) is 29.1. The number of halogens is 1. The maximum Gasteiger partial charge on any atom is 0.255 e. The summed E-state index contributed by atoms with van der Waals surface area (Å²) in [6.45, 7) is 0.984. The fourth-order valence-corrected chi connectivity index (χ4v) is 4.91. The largest absolute Gasteiger partial charge is 0.351 e. The highest BCUT2D eigenvalue weighted by Gasteiger charge is 2.65. The summed E-state index contributed by atoms with van der Waals surface area (Å²) in [7, 11) is 0. The fourth-order valence-electron chi connectivity index (χ4n) is 4.71. The molecular formula is C20H18ClN3O3. The van der Waals surface area contributed by atoms with Gasteiger partial charge in [0.15, 0.2) is 5.72 Å². The molecule has 3 aliphatic rings. The molecule has 6 nitrogen and oxygen atoms in total. The first-order valence-corrected chi connectivity index (χ1v) is 9.41. The SMILES string of the molecule is O=C(c1ccncc1Cl)N1CC[C@@]23OC[C@@H](c4ccccc4)N2C(=O)C[C@@H]13. The van der Waals surface area contributed by atoms with Gasteiger partial charge in [0.2, 0.25) is 5.91 Å². The Labute approximate surface area is 161 Å². The van der Waals surface area contributed by atoms with Gasteiger partial charge in [-0.15, -0.1) is 0 Å². The maximum atomic E-state index is 13.1. The molecule has 1 spiro atoms. The van der Waals surface area contributed by atoms with Crippen molar-refractivity contribution in [3.05, 3.63) is 64.9 Å². The predicted octanol–water partition coefficient (Wildman–Crippen LogP) is 2.65. The number of aromatic nitrogens is 1. The summed E-state index contributed by atoms with van der Waals surface area (Å²) in [6, 6.07) is 11.1. The van der Waals surface area contributed by atoms with Crippen LogP contribution < -0.4 is 0 Å². The topological polar surface area (TPSA) is 62.7 Å². The lowest BCUT2D eigenvalue weighted by Crippen LogP contribution is -2.49. The molecular weight excluding hydrogens is 366 g/mol. The van der Waals surface area contributed by atoms with Gasteiger partial charge in [0.05, 0.1) is 35.7 Å². The Bertz CT molecular complexity index is 922. The minimum Gasteiger partial charge on any atom is -0.351 e. The van der Waals surface area contributed by atoms with Crippen LogP contribution in [0.25, 0.3) is 0 Å². The highest BCUT2D eigenvalue weighted by atomic mass is 35.5. The molecule has 3 aliphatic heterocycles. The Morgan fingerprint density at radius 3 is 2.85 bits per heavy atom. The zero-order chi connectivity index (χ0) is 18.6. The Kier molecular flexibility index (Phi) is 3.74. The molecule has 1 aromatic carbocycles. The Hall–Kier alpha value is -2.44. The molecule has 3 saturated heterocycles. The summed E-state index contributed by atoms with van der Waals surface area (Å²) in [6.07, 6.45) is 3.90. The summed E-state index contributed by atoms with van der Waals surface area (Å²) in [5, 5.41) is 0.319. The van der Waals surface area contributed by atoms with Crippen molar-refractivity contribution in [3.8, 4) is 0 Å². The van der Waals surface area contributed by atoms with Gasteiger partial charge in [-0.25, -0.2) is 0 Å². The van der Waals surface area contributed by atoms with E-state index in [0.29, 0.717) is 30.2 Å². The fraction of sp³-hybridized carbons (Fsp3) is 0.350. The summed E-state index contributed by atoms with van der Waals surface area (Å²) in [4.78, 5) is 33.5. The molecule has 3 fully saturated rings. The van der Waals surface area contributed by atoms with Crippen molar-refractivity contribution < 1.29 is 14.3 Å². The Balaban J connectivity index is 1.48. The number of hydrogen-bond acceptors (Lipinski definition) is 4. The van der Waals surface area contributed by atoms with Gasteiger partial charge in [-0.1, -0.05) is 41.9 Å². The third-order valence-electron chi connectivity index (χ3n) is 5.90. The summed E-state index contributed by atoms with van der Waals surface area (Å²) in [5.74, 6) is -0.143. The molecule has 1 aromatic heterocycles. The highest BCUT2D eigenvalue weighted by molar-refractivity contribution is 6.33. The molecule has 0 bridgehead atoms. The minimum absolute atomic E-state index is 0.0321. The number of hydrogen-bond donors (Lipinski definition) is 0. The number of likely N-dealkylation sites (tertiary alicyclic amines) is 1. The summed E-state index contributed by atoms with van der Waals surface area (Å²) >= 11 is 6.16. The van der Waals surface area contributed by atoms with Crippen LogP contribution in [0.2, 0.25) is 5.02 Å². The van der Waals surface area contributed by atoms with Crippen LogP contribution >= 0.6 is 11.6 Å². The third kappa shape index (κ3) is 2.33. The first kappa shape index (κ1) is 16.7. The second-order valence-corrected chi connectivity index (χ2v) is 7.58. The van der Waals surface area contributed by atoms with Crippen molar-refractivity contribution in [3.63, 3.8) is 0 Å². The number of rotatable bonds is 2. The van der Waals surface area contributed by atoms with E-state index in [-0.39, 0.29) is 30.3 Å². The van der Waals surface area contributed by atoms with E-state index in [1.165, 1.54) is 6.20 Å². The molecule has 2 aromatic rings. The Morgan fingerprint density at radius 2 is 2.07 bits per heavy atom. The molecule has 138 valence electrons. The van der Waals surface area contributed by atoms with E-state index < -0.39 is 5.72 Å². The first-order valence-electron chi connectivity index (χ1n) is 9.03. The van der Waals surface area contributed by atoms with Crippen molar-refractivity contribution in [2.75, 3.05) is 13.2 Å². The van der Waals surface area contributed by atoms with Gasteiger partial charge >= 0.3 is 0 Å². The molecule has 0 N–H and O–H groups in total. The van der Waals surface area contributed by atoms with Crippen molar-refractivity contribution in [1.29, 1.82) is 0 Å². The molecule has 27 heavy (non-hydrogen) atoms. The van der Waals surface area contributed by atoms with Gasteiger partial charge in [0, 0.05) is 25.4 Å². The monoisotopic (exact) mass is 383 g/mol. The van der Waals surface area contributed by atoms with E-state index in [2.05, 4.69) is 4.98 Å². The van der Waals surface area contributed by atoms with Gasteiger partial charge in [0.25, 0.3) is 5.91 Å². The highest BCUT2D eigenvalue weighted by Crippen LogP contribution is 2.51. The molecule has 3 atom stereocenters. The standard InChI is InChI=1S/C20H18ClN3O3/c21-15-11-22-8-6-14(15)19(26)23-9-7-20-17(23)10-18(25)24(20)16(12-27-20)13-4-2-1-3-5-13/h1-6,8,11,16-17H,7,9-10,12H2/t16-,17+,20-/m0/s1. The van der Waals surface area contributed by atoms with Crippen LogP contribution in [-0.4, -0.2) is 51.5 Å². The van der Waals surface area contributed by atoms with Crippen LogP contribution in [0.4, 0.5) is 0 Å².